The van der Waals surface area contributed by atoms with Crippen molar-refractivity contribution >= 4 is 56.8 Å². The summed E-state index contributed by atoms with van der Waals surface area (Å²) in [6, 6.07) is 16.0. The minimum atomic E-state index is -0.656. The Morgan fingerprint density at radius 1 is 0.861 bits per heavy atom. The smallest absolute Gasteiger partial charge is 0.329 e. The Balaban J connectivity index is 0.000000140. The lowest BCUT2D eigenvalue weighted by Gasteiger charge is -2.37. The number of imide groups is 1. The number of fused-ring (bicyclic) bond motifs is 6. The molecule has 0 radical (unpaired) electrons. The van der Waals surface area contributed by atoms with E-state index in [-0.39, 0.29) is 40.8 Å². The molecule has 0 spiro atoms. The molecule has 13 rings (SSSR count). The number of carbonyl (C=O) groups excluding carboxylic acids is 3. The summed E-state index contributed by atoms with van der Waals surface area (Å²) >= 11 is 0. The first kappa shape index (κ1) is 54.1. The van der Waals surface area contributed by atoms with Crippen molar-refractivity contribution in [3.8, 4) is 29.6 Å². The maximum atomic E-state index is 16.1. The molecular formula is C60H71F2N11O6. The Kier molecular flexibility index (Phi) is 16.1. The number of likely N-dealkylation sites (tertiary alicyclic amines) is 2. The summed E-state index contributed by atoms with van der Waals surface area (Å²) in [7, 11) is 5.04. The van der Waals surface area contributed by atoms with Crippen LogP contribution in [0.2, 0.25) is 0 Å². The van der Waals surface area contributed by atoms with Gasteiger partial charge >= 0.3 is 11.7 Å². The van der Waals surface area contributed by atoms with Gasteiger partial charge in [-0.1, -0.05) is 42.3 Å². The Morgan fingerprint density at radius 2 is 1.63 bits per heavy atom. The van der Waals surface area contributed by atoms with Crippen LogP contribution in [0, 0.1) is 29.9 Å². The number of ether oxygens (including phenoxy) is 2. The molecule has 7 fully saturated rings. The number of aryl methyl sites for hydroxylation is 1. The topological polar surface area (TPSA) is 172 Å². The van der Waals surface area contributed by atoms with Gasteiger partial charge in [-0.25, -0.2) is 13.6 Å². The highest BCUT2D eigenvalue weighted by Crippen LogP contribution is 2.39. The lowest BCUT2D eigenvalue weighted by atomic mass is 9.87. The maximum Gasteiger partial charge on any atom is 0.329 e. The van der Waals surface area contributed by atoms with E-state index in [0.29, 0.717) is 57.9 Å². The highest BCUT2D eigenvalue weighted by atomic mass is 19.1. The Morgan fingerprint density at radius 3 is 2.35 bits per heavy atom. The zero-order valence-electron chi connectivity index (χ0n) is 45.5. The van der Waals surface area contributed by atoms with Crippen LogP contribution in [-0.4, -0.2) is 154 Å². The molecule has 7 saturated heterocycles. The van der Waals surface area contributed by atoms with Crippen LogP contribution in [-0.2, 0) is 26.2 Å². The number of piperidine rings is 3. The maximum absolute atomic E-state index is 16.1. The lowest BCUT2D eigenvalue weighted by molar-refractivity contribution is -0.135. The highest BCUT2D eigenvalue weighted by molar-refractivity contribution is 6.02. The molecule has 3 aromatic heterocycles. The first-order chi connectivity index (χ1) is 38.4. The molecule has 10 heterocycles. The van der Waals surface area contributed by atoms with Crippen molar-refractivity contribution in [2.75, 3.05) is 78.1 Å². The molecule has 0 aliphatic carbocycles. The highest BCUT2D eigenvalue weighted by Gasteiger charge is 2.38. The van der Waals surface area contributed by atoms with Gasteiger partial charge in [0.1, 0.15) is 28.9 Å². The predicted octanol–water partition coefficient (Wildman–Crippen LogP) is 6.68. The molecule has 7 aliphatic rings. The Labute approximate surface area is 459 Å². The molecule has 3 amide bonds. The van der Waals surface area contributed by atoms with Crippen molar-refractivity contribution in [2.24, 2.45) is 13.0 Å². The molecule has 79 heavy (non-hydrogen) atoms. The number of amides is 3. The molecule has 17 nitrogen and oxygen atoms in total. The molecule has 7 aliphatic heterocycles. The number of nitrogens with one attached hydrogen (secondary N) is 2. The van der Waals surface area contributed by atoms with Gasteiger partial charge in [0.2, 0.25) is 18.2 Å². The van der Waals surface area contributed by atoms with Crippen molar-refractivity contribution < 1.29 is 32.6 Å². The van der Waals surface area contributed by atoms with E-state index < -0.39 is 23.6 Å². The van der Waals surface area contributed by atoms with Gasteiger partial charge in [0.25, 0.3) is 0 Å². The fourth-order valence-corrected chi connectivity index (χ4v) is 13.8. The van der Waals surface area contributed by atoms with Crippen LogP contribution < -0.4 is 26.0 Å². The SMILES string of the molecule is C#Cc1c(F)ccc2cccc(-c3ncc4c(N5CC6CCC(C5)N6)nc(OC)nc4c3F)c12.COCC1CCC2CCCN21.Cn1c(=O)n(C2CCC(=O)NC2=O)c2cccc(C3CCN(CC4CCN(C=O)CC4)CC3)c21. The predicted molar refractivity (Wildman–Crippen MR) is 299 cm³/mol. The average Bonchev–Trinajstić information content (AvgIpc) is 4.44. The third-order valence-electron chi connectivity index (χ3n) is 17.8. The van der Waals surface area contributed by atoms with Gasteiger partial charge in [0.15, 0.2) is 5.82 Å². The van der Waals surface area contributed by atoms with Gasteiger partial charge in [-0.15, -0.1) is 6.42 Å². The third kappa shape index (κ3) is 10.8. The van der Waals surface area contributed by atoms with E-state index in [2.05, 4.69) is 52.3 Å². The van der Waals surface area contributed by atoms with Crippen LogP contribution in [0.25, 0.3) is 44.0 Å². The zero-order chi connectivity index (χ0) is 54.9. The second kappa shape index (κ2) is 23.5. The number of piperazine rings is 1. The van der Waals surface area contributed by atoms with E-state index >= 15 is 4.39 Å². The first-order valence-electron chi connectivity index (χ1n) is 28.2. The molecular weight excluding hydrogens is 1010 g/mol. The van der Waals surface area contributed by atoms with Gasteiger partial charge in [-0.3, -0.25) is 38.7 Å². The quantitative estimate of drug-likeness (QED) is 0.0847. The number of terminal acetylenes is 1. The van der Waals surface area contributed by atoms with E-state index in [0.717, 1.165) is 120 Å². The van der Waals surface area contributed by atoms with Gasteiger partial charge in [-0.05, 0) is 125 Å². The van der Waals surface area contributed by atoms with Crippen molar-refractivity contribution in [1.29, 1.82) is 0 Å². The molecule has 5 atom stereocenters. The van der Waals surface area contributed by atoms with E-state index in [1.807, 2.05) is 24.1 Å². The number of hydrogen-bond acceptors (Lipinski definition) is 13. The van der Waals surface area contributed by atoms with Crippen LogP contribution in [0.5, 0.6) is 6.01 Å². The summed E-state index contributed by atoms with van der Waals surface area (Å²) in [6.45, 7) is 8.67. The number of halogens is 2. The number of hydrogen-bond donors (Lipinski definition) is 2. The number of carbonyl (C=O) groups is 3. The number of benzene rings is 3. The second-order valence-corrected chi connectivity index (χ2v) is 22.5. The van der Waals surface area contributed by atoms with Crippen molar-refractivity contribution in [2.45, 2.75) is 113 Å². The third-order valence-corrected chi connectivity index (χ3v) is 17.8. The number of para-hydroxylation sites is 1. The second-order valence-electron chi connectivity index (χ2n) is 22.5. The summed E-state index contributed by atoms with van der Waals surface area (Å²) in [4.78, 5) is 70.8. The molecule has 3 aromatic carbocycles. The number of nitrogens with zero attached hydrogens (tertiary/aromatic N) is 9. The number of anilines is 1. The van der Waals surface area contributed by atoms with Crippen LogP contribution >= 0.6 is 0 Å². The number of pyridine rings is 1. The number of imidazole rings is 1. The molecule has 2 N–H and O–H groups in total. The van der Waals surface area contributed by atoms with Crippen LogP contribution in [0.1, 0.15) is 100 Å². The van der Waals surface area contributed by atoms with E-state index in [4.69, 9.17) is 15.9 Å². The van der Waals surface area contributed by atoms with E-state index in [9.17, 15) is 23.6 Å². The molecule has 19 heteroatoms. The van der Waals surface area contributed by atoms with Gasteiger partial charge in [-0.2, -0.15) is 9.97 Å². The zero-order valence-corrected chi connectivity index (χ0v) is 45.5. The van der Waals surface area contributed by atoms with E-state index in [1.54, 1.807) is 46.6 Å². The van der Waals surface area contributed by atoms with Gasteiger partial charge < -0.3 is 29.5 Å². The molecule has 5 unspecified atom stereocenters. The minimum absolute atomic E-state index is 0.0484. The normalized spacial score (nSPS) is 23.8. The number of rotatable bonds is 10. The van der Waals surface area contributed by atoms with E-state index in [1.165, 1.54) is 51.0 Å². The summed E-state index contributed by atoms with van der Waals surface area (Å²) in [6.07, 6.45) is 20.8. The first-order valence-corrected chi connectivity index (χ1v) is 28.2. The largest absolute Gasteiger partial charge is 0.467 e. The number of methoxy groups -OCH3 is 2. The summed E-state index contributed by atoms with van der Waals surface area (Å²) in [5.41, 5.74) is 3.26. The van der Waals surface area contributed by atoms with Crippen LogP contribution in [0.4, 0.5) is 14.6 Å². The van der Waals surface area contributed by atoms with Crippen LogP contribution in [0.3, 0.4) is 0 Å². The van der Waals surface area contributed by atoms with Crippen LogP contribution in [0.15, 0.2) is 59.5 Å². The molecule has 416 valence electrons. The molecule has 6 aromatic rings. The summed E-state index contributed by atoms with van der Waals surface area (Å²) in [5, 5.41) is 7.61. The minimum Gasteiger partial charge on any atom is -0.467 e. The standard InChI is InChI=1S/C26H21F2N5O.C25H33N5O4.C9H17NO/c1-3-17-20(27)10-7-14-5-4-6-18(21(14)17)23-22(28)24-19(11-29-23)25(32-26(31-24)34-2)33-12-15-8-9-16(13-33)30-15;1-27-23-19(18-9-13-28(14-10-18)15-17-7-11-29(16-31)12-8-17)3-2-4-20(23)30(25(27)34)21-5-6-22(32)26-24(21)33;1-11-7-9-5-4-8-3-2-6-10(8)9/h1,4-7,10-11,15-16,30H,8-9,12-13H2,2H3;2-4,16-18,21H,5-15H2,1H3,(H,26,32,33);8-9H,2-7H2,1H3. The molecule has 0 saturated carbocycles. The summed E-state index contributed by atoms with van der Waals surface area (Å²) in [5.74, 6) is 2.18. The van der Waals surface area contributed by atoms with Gasteiger partial charge in [0, 0.05) is 94.6 Å². The number of aromatic nitrogens is 5. The van der Waals surface area contributed by atoms with Crippen molar-refractivity contribution in [3.05, 3.63) is 88.0 Å². The monoisotopic (exact) mass is 1080 g/mol. The van der Waals surface area contributed by atoms with Gasteiger partial charge in [0.05, 0.1) is 35.7 Å². The Bertz CT molecular complexity index is 3350. The fraction of sp³-hybridized carbons (Fsp3) is 0.517. The van der Waals surface area contributed by atoms with Crippen molar-refractivity contribution in [3.63, 3.8) is 0 Å². The average molecular weight is 1080 g/mol. The Hall–Kier alpha value is -6.85. The summed E-state index contributed by atoms with van der Waals surface area (Å²) < 4.78 is 44.3. The van der Waals surface area contributed by atoms with Crippen molar-refractivity contribution in [1.82, 2.24) is 49.4 Å². The fourth-order valence-electron chi connectivity index (χ4n) is 13.8. The molecule has 2 bridgehead atoms. The lowest BCUT2D eigenvalue weighted by Crippen LogP contribution is -2.51.